The van der Waals surface area contributed by atoms with Gasteiger partial charge in [-0.2, -0.15) is 0 Å². The molecule has 0 atom stereocenters. The molecule has 0 aliphatic heterocycles. The minimum atomic E-state index is 0. The second-order valence-electron chi connectivity index (χ2n) is 3.52. The fraction of sp³-hybridized carbons (Fsp3) is 0.818. The summed E-state index contributed by atoms with van der Waals surface area (Å²) in [5.41, 5.74) is 1.21. The van der Waals surface area contributed by atoms with Gasteiger partial charge in [-0.25, -0.2) is 0 Å². The van der Waals surface area contributed by atoms with Crippen LogP contribution in [-0.4, -0.2) is 24.9 Å². The molecule has 1 N–H and O–H groups in total. The number of hydrogen-bond donors (Lipinski definition) is 1. The molecule has 0 aromatic carbocycles. The van der Waals surface area contributed by atoms with E-state index in [1.54, 1.807) is 7.11 Å². The van der Waals surface area contributed by atoms with Crippen LogP contribution < -0.4 is 0 Å². The molecule has 0 amide bonds. The Hall–Kier alpha value is -0.340. The summed E-state index contributed by atoms with van der Waals surface area (Å²) in [6.45, 7) is 13.6. The summed E-state index contributed by atoms with van der Waals surface area (Å²) in [5, 5.41) is 7.00. The van der Waals surface area contributed by atoms with E-state index in [0.29, 0.717) is 0 Å². The van der Waals surface area contributed by atoms with Crippen molar-refractivity contribution in [3.05, 3.63) is 12.2 Å². The molecule has 0 saturated carbocycles. The first-order chi connectivity index (χ1) is 5.29. The van der Waals surface area contributed by atoms with Crippen molar-refractivity contribution < 1.29 is 9.84 Å². The minimum Gasteiger partial charge on any atom is -0.400 e. The zero-order valence-corrected chi connectivity index (χ0v) is 9.56. The Bertz CT molecular complexity index is 86.8. The van der Waals surface area contributed by atoms with Crippen molar-refractivity contribution >= 4 is 0 Å². The topological polar surface area (TPSA) is 29.5 Å². The zero-order chi connectivity index (χ0) is 10.8. The Labute approximate surface area is 84.6 Å². The maximum Gasteiger partial charge on any atom is 0.0594 e. The molecule has 0 fully saturated rings. The molecule has 0 aliphatic rings. The van der Waals surface area contributed by atoms with Crippen LogP contribution in [0.3, 0.4) is 0 Å². The molecule has 2 nitrogen and oxygen atoms in total. The van der Waals surface area contributed by atoms with Gasteiger partial charge in [0.15, 0.2) is 0 Å². The Kier molecular flexibility index (Phi) is 25.1. The van der Waals surface area contributed by atoms with E-state index in [4.69, 9.17) is 9.84 Å². The molecule has 0 aromatic rings. The number of aliphatic hydroxyl groups is 1. The van der Waals surface area contributed by atoms with Gasteiger partial charge in [0.2, 0.25) is 0 Å². The smallest absolute Gasteiger partial charge is 0.0594 e. The molecule has 0 aliphatic carbocycles. The van der Waals surface area contributed by atoms with E-state index in [9.17, 15) is 0 Å². The summed E-state index contributed by atoms with van der Waals surface area (Å²) in [5.74, 6) is 0. The lowest BCUT2D eigenvalue weighted by atomic mass is 10.2. The maximum absolute atomic E-state index is 7.00. The van der Waals surface area contributed by atoms with Crippen molar-refractivity contribution in [2.24, 2.45) is 0 Å². The van der Waals surface area contributed by atoms with Gasteiger partial charge in [0.05, 0.1) is 5.60 Å². The van der Waals surface area contributed by atoms with Crippen LogP contribution in [0.1, 0.15) is 42.0 Å². The molecule has 84 valence electrons. The quantitative estimate of drug-likeness (QED) is 0.597. The van der Waals surface area contributed by atoms with Crippen LogP contribution >= 0.6 is 0 Å². The predicted octanol–water partition coefficient (Wildman–Crippen LogP) is 3.26. The van der Waals surface area contributed by atoms with Crippen molar-refractivity contribution in [1.82, 2.24) is 0 Å². The Morgan fingerprint density at radius 3 is 1.23 bits per heavy atom. The van der Waals surface area contributed by atoms with Crippen LogP contribution in [0.2, 0.25) is 0 Å². The summed E-state index contributed by atoms with van der Waals surface area (Å²) in [4.78, 5) is 0. The van der Waals surface area contributed by atoms with Crippen LogP contribution in [-0.2, 0) is 4.74 Å². The summed E-state index contributed by atoms with van der Waals surface area (Å²) < 4.78 is 4.94. The highest BCUT2D eigenvalue weighted by Gasteiger charge is 2.03. The van der Waals surface area contributed by atoms with E-state index >= 15 is 0 Å². The summed E-state index contributed by atoms with van der Waals surface area (Å²) in [6.07, 6.45) is 0. The van der Waals surface area contributed by atoms with Crippen molar-refractivity contribution in [3.63, 3.8) is 0 Å². The minimum absolute atomic E-state index is 0. The number of aliphatic hydroxyl groups excluding tert-OH is 1. The first-order valence-corrected chi connectivity index (χ1v) is 3.91. The van der Waals surface area contributed by atoms with E-state index in [1.165, 1.54) is 5.57 Å². The van der Waals surface area contributed by atoms with Crippen LogP contribution in [0, 0.1) is 0 Å². The first-order valence-electron chi connectivity index (χ1n) is 3.91. The third-order valence-electron chi connectivity index (χ3n) is 0.612. The van der Waals surface area contributed by atoms with Gasteiger partial charge in [-0.1, -0.05) is 13.0 Å². The molecule has 0 unspecified atom stereocenters. The van der Waals surface area contributed by atoms with Crippen LogP contribution in [0.25, 0.3) is 0 Å². The first kappa shape index (κ1) is 23.0. The van der Waals surface area contributed by atoms with Crippen LogP contribution in [0.4, 0.5) is 0 Å². The van der Waals surface area contributed by atoms with Gasteiger partial charge in [-0.3, -0.25) is 0 Å². The average molecular weight is 192 g/mol. The molecule has 0 saturated heterocycles. The molecule has 2 heteroatoms. The third-order valence-corrected chi connectivity index (χ3v) is 0.612. The molecule has 13 heavy (non-hydrogen) atoms. The molecule has 0 aromatic heterocycles. The van der Waals surface area contributed by atoms with Crippen molar-refractivity contribution in [2.45, 2.75) is 47.6 Å². The van der Waals surface area contributed by atoms with Crippen molar-refractivity contribution in [1.29, 1.82) is 0 Å². The number of hydrogen-bond acceptors (Lipinski definition) is 2. The second kappa shape index (κ2) is 14.2. The lowest BCUT2D eigenvalue weighted by Crippen LogP contribution is -2.15. The van der Waals surface area contributed by atoms with Gasteiger partial charge in [-0.15, -0.1) is 6.58 Å². The van der Waals surface area contributed by atoms with Crippen LogP contribution in [0.5, 0.6) is 0 Å². The fourth-order valence-corrected chi connectivity index (χ4v) is 0. The summed E-state index contributed by atoms with van der Waals surface area (Å²) in [6, 6.07) is 0. The van der Waals surface area contributed by atoms with Crippen molar-refractivity contribution in [2.75, 3.05) is 14.2 Å². The Balaban J connectivity index is -0.0000000512. The Morgan fingerprint density at radius 2 is 1.23 bits per heavy atom. The monoisotopic (exact) mass is 192 g/mol. The predicted molar refractivity (Wildman–Crippen MR) is 62.1 cm³/mol. The van der Waals surface area contributed by atoms with Gasteiger partial charge < -0.3 is 9.84 Å². The standard InChI is InChI=1S/C5H12O.C4H8.CH4O.CH4/c1-5(2,3)6-4;1-4(2)3;1-2;/h1-4H3;1H2,2-3H3;2H,1H3;1H4. The zero-order valence-electron chi connectivity index (χ0n) is 9.56. The molecular formula is C11H28O2. The fourth-order valence-electron chi connectivity index (χ4n) is 0. The van der Waals surface area contributed by atoms with E-state index in [1.807, 2.05) is 34.6 Å². The average Bonchev–Trinajstić information content (AvgIpc) is 1.90. The third kappa shape index (κ3) is 154. The highest BCUT2D eigenvalue weighted by Crippen LogP contribution is 2.02. The highest BCUT2D eigenvalue weighted by atomic mass is 16.5. The second-order valence-corrected chi connectivity index (χ2v) is 3.52. The van der Waals surface area contributed by atoms with Gasteiger partial charge in [-0.05, 0) is 34.6 Å². The normalized spacial score (nSPS) is 8.00. The van der Waals surface area contributed by atoms with Crippen LogP contribution in [0.15, 0.2) is 12.2 Å². The highest BCUT2D eigenvalue weighted by molar-refractivity contribution is 4.78. The largest absolute Gasteiger partial charge is 0.400 e. The van der Waals surface area contributed by atoms with Gasteiger partial charge >= 0.3 is 0 Å². The molecule has 0 heterocycles. The lowest BCUT2D eigenvalue weighted by molar-refractivity contribution is 0.0397. The van der Waals surface area contributed by atoms with Gasteiger partial charge in [0.25, 0.3) is 0 Å². The number of ether oxygens (including phenoxy) is 1. The molecule has 0 radical (unpaired) electrons. The number of methoxy groups -OCH3 is 1. The molecule has 0 spiro atoms. The van der Waals surface area contributed by atoms with Gasteiger partial charge in [0.1, 0.15) is 0 Å². The number of rotatable bonds is 0. The molecule has 0 bridgehead atoms. The van der Waals surface area contributed by atoms with E-state index in [2.05, 4.69) is 6.58 Å². The summed E-state index contributed by atoms with van der Waals surface area (Å²) >= 11 is 0. The SMILES string of the molecule is C.C=C(C)C.CO.COC(C)(C)C. The van der Waals surface area contributed by atoms with E-state index < -0.39 is 0 Å². The Morgan fingerprint density at radius 1 is 1.15 bits per heavy atom. The lowest BCUT2D eigenvalue weighted by Gasteiger charge is -2.14. The number of allylic oxidation sites excluding steroid dienone is 1. The van der Waals surface area contributed by atoms with E-state index in [-0.39, 0.29) is 13.0 Å². The summed E-state index contributed by atoms with van der Waals surface area (Å²) in [7, 11) is 2.71. The van der Waals surface area contributed by atoms with Crippen molar-refractivity contribution in [3.8, 4) is 0 Å². The van der Waals surface area contributed by atoms with Gasteiger partial charge in [0, 0.05) is 14.2 Å². The molecule has 0 rings (SSSR count). The molecular weight excluding hydrogens is 164 g/mol. The van der Waals surface area contributed by atoms with E-state index in [0.717, 1.165) is 7.11 Å². The maximum atomic E-state index is 7.00.